The number of carbonyl (C=O) groups is 2. The third-order valence-electron chi connectivity index (χ3n) is 6.88. The minimum absolute atomic E-state index is 0.219. The van der Waals surface area contributed by atoms with Gasteiger partial charge in [0.25, 0.3) is 5.56 Å². The summed E-state index contributed by atoms with van der Waals surface area (Å²) in [5, 5.41) is 9.06. The highest BCUT2D eigenvalue weighted by molar-refractivity contribution is 7.07. The van der Waals surface area contributed by atoms with Crippen LogP contribution in [0.5, 0.6) is 11.5 Å². The zero-order valence-corrected chi connectivity index (χ0v) is 25.6. The highest BCUT2D eigenvalue weighted by atomic mass is 32.1. The topological polar surface area (TPSA) is 116 Å². The second-order valence-electron chi connectivity index (χ2n) is 10.4. The molecule has 1 aliphatic heterocycles. The van der Waals surface area contributed by atoms with Crippen molar-refractivity contribution in [2.45, 2.75) is 46.4 Å². The van der Waals surface area contributed by atoms with Crippen LogP contribution < -0.4 is 24.4 Å². The predicted octanol–water partition coefficient (Wildman–Crippen LogP) is 4.86. The second-order valence-corrected chi connectivity index (χ2v) is 11.4. The van der Waals surface area contributed by atoms with Gasteiger partial charge in [0.1, 0.15) is 18.1 Å². The number of carboxylic acid groups (broad SMARTS) is 1. The number of allylic oxidation sites excluding steroid dienone is 1. The number of thiazole rings is 1. The van der Waals surface area contributed by atoms with Crippen LogP contribution in [-0.2, 0) is 16.1 Å². The van der Waals surface area contributed by atoms with Crippen LogP contribution in [0.4, 0.5) is 0 Å². The van der Waals surface area contributed by atoms with Crippen molar-refractivity contribution in [2.24, 2.45) is 4.99 Å². The maximum absolute atomic E-state index is 13.9. The molecule has 0 saturated carbocycles. The van der Waals surface area contributed by atoms with Gasteiger partial charge < -0.3 is 19.3 Å². The van der Waals surface area contributed by atoms with Gasteiger partial charge >= 0.3 is 11.9 Å². The number of hydrogen-bond donors (Lipinski definition) is 1. The number of fused-ring (bicyclic) bond motifs is 1. The van der Waals surface area contributed by atoms with Crippen LogP contribution in [0.25, 0.3) is 6.08 Å². The van der Waals surface area contributed by atoms with E-state index in [1.54, 1.807) is 55.7 Å². The van der Waals surface area contributed by atoms with Gasteiger partial charge in [-0.25, -0.2) is 14.6 Å². The van der Waals surface area contributed by atoms with Crippen molar-refractivity contribution in [3.05, 3.63) is 126 Å². The third-order valence-corrected chi connectivity index (χ3v) is 7.86. The SMILES string of the molecule is CCOc1ccc([C@H]2C(C(=O)OC(C)C)=C(C)N=c3s/c(=C/c4ccc(OCc5ccc(C(=O)O)cc5)cc4)c(=O)n32)cc1. The number of carboxylic acids is 1. The smallest absolute Gasteiger partial charge is 0.338 e. The summed E-state index contributed by atoms with van der Waals surface area (Å²) in [6, 6.07) is 20.5. The van der Waals surface area contributed by atoms with Crippen molar-refractivity contribution in [3.63, 3.8) is 0 Å². The minimum Gasteiger partial charge on any atom is -0.494 e. The van der Waals surface area contributed by atoms with Crippen molar-refractivity contribution in [1.82, 2.24) is 4.57 Å². The van der Waals surface area contributed by atoms with Gasteiger partial charge in [0.2, 0.25) is 0 Å². The van der Waals surface area contributed by atoms with Gasteiger partial charge in [-0.15, -0.1) is 0 Å². The number of rotatable bonds is 10. The number of aromatic nitrogens is 1. The molecule has 3 aromatic carbocycles. The lowest BCUT2D eigenvalue weighted by Crippen LogP contribution is -2.40. The number of ether oxygens (including phenoxy) is 3. The molecule has 44 heavy (non-hydrogen) atoms. The average molecular weight is 613 g/mol. The first kappa shape index (κ1) is 30.5. The largest absolute Gasteiger partial charge is 0.494 e. The lowest BCUT2D eigenvalue weighted by atomic mass is 9.96. The van der Waals surface area contributed by atoms with Crippen molar-refractivity contribution < 1.29 is 28.9 Å². The molecule has 0 radical (unpaired) electrons. The Morgan fingerprint density at radius 3 is 2.23 bits per heavy atom. The standard InChI is InChI=1S/C34H32N2O7S/c1-5-41-26-16-12-24(13-17-26)30-29(33(40)43-20(2)3)21(4)35-34-36(30)31(37)28(44-34)18-22-8-14-27(15-9-22)42-19-23-6-10-25(11-7-23)32(38)39/h6-18,20,30H,5,19H2,1-4H3,(H,38,39)/b28-18+/t30-/m0/s1. The molecule has 9 nitrogen and oxygen atoms in total. The first-order valence-electron chi connectivity index (χ1n) is 14.2. The van der Waals surface area contributed by atoms with E-state index in [9.17, 15) is 14.4 Å². The summed E-state index contributed by atoms with van der Waals surface area (Å²) < 4.78 is 19.0. The fourth-order valence-electron chi connectivity index (χ4n) is 4.81. The molecule has 0 bridgehead atoms. The summed E-state index contributed by atoms with van der Waals surface area (Å²) >= 11 is 1.26. The number of carbonyl (C=O) groups excluding carboxylic acids is 1. The maximum atomic E-state index is 13.9. The monoisotopic (exact) mass is 612 g/mol. The summed E-state index contributed by atoms with van der Waals surface area (Å²) in [5.41, 5.74) is 3.15. The molecule has 0 amide bonds. The number of hydrogen-bond acceptors (Lipinski definition) is 8. The molecule has 0 spiro atoms. The van der Waals surface area contributed by atoms with E-state index in [4.69, 9.17) is 19.3 Å². The van der Waals surface area contributed by atoms with Crippen LogP contribution in [0.3, 0.4) is 0 Å². The number of aromatic carboxylic acids is 1. The molecule has 1 N–H and O–H groups in total. The van der Waals surface area contributed by atoms with E-state index < -0.39 is 18.0 Å². The highest BCUT2D eigenvalue weighted by Crippen LogP contribution is 2.32. The Labute approximate surface area is 258 Å². The van der Waals surface area contributed by atoms with E-state index in [2.05, 4.69) is 4.99 Å². The quantitative estimate of drug-likeness (QED) is 0.254. The molecule has 4 aromatic rings. The van der Waals surface area contributed by atoms with Gasteiger partial charge in [-0.2, -0.15) is 0 Å². The van der Waals surface area contributed by atoms with E-state index in [-0.39, 0.29) is 23.8 Å². The van der Waals surface area contributed by atoms with E-state index >= 15 is 0 Å². The van der Waals surface area contributed by atoms with Crippen molar-refractivity contribution in [2.75, 3.05) is 6.61 Å². The first-order valence-corrected chi connectivity index (χ1v) is 15.0. The van der Waals surface area contributed by atoms with Crippen molar-refractivity contribution in [3.8, 4) is 11.5 Å². The fourth-order valence-corrected chi connectivity index (χ4v) is 5.86. The summed E-state index contributed by atoms with van der Waals surface area (Å²) in [5.74, 6) is -0.163. The number of esters is 1. The predicted molar refractivity (Wildman–Crippen MR) is 167 cm³/mol. The van der Waals surface area contributed by atoms with Crippen LogP contribution in [0.15, 0.2) is 93.9 Å². The zero-order chi connectivity index (χ0) is 31.4. The Kier molecular flexibility index (Phi) is 9.10. The highest BCUT2D eigenvalue weighted by Gasteiger charge is 2.33. The van der Waals surface area contributed by atoms with Crippen LogP contribution >= 0.6 is 11.3 Å². The summed E-state index contributed by atoms with van der Waals surface area (Å²) in [4.78, 5) is 43.4. The first-order chi connectivity index (χ1) is 21.1. The third kappa shape index (κ3) is 6.65. The summed E-state index contributed by atoms with van der Waals surface area (Å²) in [6.45, 7) is 8.03. The Hall–Kier alpha value is -4.96. The van der Waals surface area contributed by atoms with Crippen LogP contribution in [0.2, 0.25) is 0 Å². The molecule has 1 aromatic heterocycles. The van der Waals surface area contributed by atoms with Gasteiger partial charge in [-0.1, -0.05) is 47.7 Å². The van der Waals surface area contributed by atoms with E-state index in [0.29, 0.717) is 38.7 Å². The van der Waals surface area contributed by atoms with Crippen molar-refractivity contribution in [1.29, 1.82) is 0 Å². The zero-order valence-electron chi connectivity index (χ0n) is 24.8. The van der Waals surface area contributed by atoms with Crippen LogP contribution in [0, 0.1) is 0 Å². The molecule has 1 atom stereocenters. The average Bonchev–Trinajstić information content (AvgIpc) is 3.30. The van der Waals surface area contributed by atoms with E-state index in [1.165, 1.54) is 23.5 Å². The van der Waals surface area contributed by atoms with Gasteiger partial charge in [0, 0.05) is 0 Å². The van der Waals surface area contributed by atoms with Gasteiger partial charge in [-0.05, 0) is 86.9 Å². The molecule has 226 valence electrons. The van der Waals surface area contributed by atoms with Crippen LogP contribution in [-0.4, -0.2) is 34.3 Å². The van der Waals surface area contributed by atoms with Crippen molar-refractivity contribution >= 4 is 29.4 Å². The molecule has 0 saturated heterocycles. The van der Waals surface area contributed by atoms with Gasteiger partial charge in [0.05, 0.1) is 40.1 Å². The normalized spacial score (nSPS) is 14.7. The molecule has 0 aliphatic carbocycles. The Morgan fingerprint density at radius 1 is 0.977 bits per heavy atom. The Bertz CT molecular complexity index is 1890. The summed E-state index contributed by atoms with van der Waals surface area (Å²) in [6.07, 6.45) is 1.46. The molecule has 0 fully saturated rings. The molecule has 5 rings (SSSR count). The molecular formula is C34H32N2O7S. The second kappa shape index (κ2) is 13.1. The van der Waals surface area contributed by atoms with E-state index in [1.807, 2.05) is 43.3 Å². The number of benzene rings is 3. The number of nitrogens with zero attached hydrogens (tertiary/aromatic N) is 2. The lowest BCUT2D eigenvalue weighted by molar-refractivity contribution is -0.143. The molecule has 1 aliphatic rings. The molecular weight excluding hydrogens is 580 g/mol. The maximum Gasteiger partial charge on any atom is 0.338 e. The molecule has 10 heteroatoms. The Balaban J connectivity index is 1.45. The van der Waals surface area contributed by atoms with Crippen LogP contribution in [0.1, 0.15) is 60.8 Å². The molecule has 0 unspecified atom stereocenters. The van der Waals surface area contributed by atoms with Gasteiger partial charge in [-0.3, -0.25) is 9.36 Å². The fraction of sp³-hybridized carbons (Fsp3) is 0.235. The Morgan fingerprint density at radius 2 is 1.61 bits per heavy atom. The lowest BCUT2D eigenvalue weighted by Gasteiger charge is -2.25. The minimum atomic E-state index is -0.976. The van der Waals surface area contributed by atoms with Gasteiger partial charge in [0.15, 0.2) is 4.80 Å². The van der Waals surface area contributed by atoms with E-state index in [0.717, 1.165) is 16.7 Å². The summed E-state index contributed by atoms with van der Waals surface area (Å²) in [7, 11) is 0. The molecule has 2 heterocycles.